The van der Waals surface area contributed by atoms with Gasteiger partial charge in [0.1, 0.15) is 5.82 Å². The molecule has 2 aromatic carbocycles. The lowest BCUT2D eigenvalue weighted by Crippen LogP contribution is -2.45. The average molecular weight is 414 g/mol. The third kappa shape index (κ3) is 5.13. The summed E-state index contributed by atoms with van der Waals surface area (Å²) in [5, 5.41) is 3.54. The van der Waals surface area contributed by atoms with Crippen molar-refractivity contribution in [3.8, 4) is 0 Å². The minimum absolute atomic E-state index is 0.152. The summed E-state index contributed by atoms with van der Waals surface area (Å²) in [5.41, 5.74) is 2.71. The molecule has 0 saturated heterocycles. The van der Waals surface area contributed by atoms with Crippen LogP contribution >= 0.6 is 0 Å². The molecule has 0 amide bonds. The number of hydrogen-bond donors (Lipinski definition) is 1. The number of nitrogens with zero attached hydrogens (tertiary/aromatic N) is 2. The second kappa shape index (κ2) is 9.79. The molecule has 6 heteroatoms. The summed E-state index contributed by atoms with van der Waals surface area (Å²) >= 11 is 0. The summed E-state index contributed by atoms with van der Waals surface area (Å²) in [5.74, 6) is -0.126. The molecule has 0 saturated carbocycles. The Morgan fingerprint density at radius 3 is 2.43 bits per heavy atom. The summed E-state index contributed by atoms with van der Waals surface area (Å²) in [6.45, 7) is 2.84. The summed E-state index contributed by atoms with van der Waals surface area (Å²) in [6, 6.07) is 12.2. The molecule has 162 valence electrons. The van der Waals surface area contributed by atoms with Gasteiger partial charge >= 0.3 is 0 Å². The number of rotatable bonds is 10. The average Bonchev–Trinajstić information content (AvgIpc) is 3.07. The van der Waals surface area contributed by atoms with E-state index in [0.29, 0.717) is 19.6 Å². The highest BCUT2D eigenvalue weighted by molar-refractivity contribution is 5.96. The van der Waals surface area contributed by atoms with Crippen molar-refractivity contribution in [3.63, 3.8) is 0 Å². The quantitative estimate of drug-likeness (QED) is 0.606. The molecule has 0 spiro atoms. The molecule has 30 heavy (non-hydrogen) atoms. The number of ketones is 1. The van der Waals surface area contributed by atoms with Crippen molar-refractivity contribution in [1.82, 2.24) is 15.1 Å². The van der Waals surface area contributed by atoms with Gasteiger partial charge in [0.05, 0.1) is 6.61 Å². The van der Waals surface area contributed by atoms with Crippen molar-refractivity contribution in [2.45, 2.75) is 25.2 Å². The van der Waals surface area contributed by atoms with Gasteiger partial charge in [0, 0.05) is 36.2 Å². The Labute approximate surface area is 178 Å². The fourth-order valence-corrected chi connectivity index (χ4v) is 3.82. The molecule has 1 unspecified atom stereocenters. The van der Waals surface area contributed by atoms with Crippen LogP contribution < -0.4 is 5.32 Å². The highest BCUT2D eigenvalue weighted by Crippen LogP contribution is 2.40. The molecule has 0 fully saturated rings. The van der Waals surface area contributed by atoms with Gasteiger partial charge in [0.15, 0.2) is 11.5 Å². The standard InChI is InChI=1S/C24H32FN3O2/c1-27(2)14-5-6-23(29)18-7-12-22-19(16-18)17-30-24(22,26-13-15-28(3)4)20-8-10-21(25)11-9-20/h7-12,16,26H,5-6,13-15,17H2,1-4H3. The van der Waals surface area contributed by atoms with Crippen LogP contribution in [0.1, 0.15) is 39.9 Å². The van der Waals surface area contributed by atoms with Crippen molar-refractivity contribution < 1.29 is 13.9 Å². The Kier molecular flexibility index (Phi) is 7.36. The van der Waals surface area contributed by atoms with Gasteiger partial charge in [-0.2, -0.15) is 0 Å². The third-order valence-electron chi connectivity index (χ3n) is 5.44. The highest BCUT2D eigenvalue weighted by atomic mass is 19.1. The Bertz CT molecular complexity index is 867. The molecule has 0 radical (unpaired) electrons. The third-order valence-corrected chi connectivity index (χ3v) is 5.44. The minimum Gasteiger partial charge on any atom is -0.347 e. The monoisotopic (exact) mass is 413 g/mol. The maximum Gasteiger partial charge on any atom is 0.172 e. The lowest BCUT2D eigenvalue weighted by Gasteiger charge is -2.32. The smallest absolute Gasteiger partial charge is 0.172 e. The molecule has 0 aromatic heterocycles. The van der Waals surface area contributed by atoms with Crippen molar-refractivity contribution in [3.05, 3.63) is 70.5 Å². The van der Waals surface area contributed by atoms with E-state index < -0.39 is 5.72 Å². The van der Waals surface area contributed by atoms with E-state index in [1.165, 1.54) is 12.1 Å². The van der Waals surface area contributed by atoms with Gasteiger partial charge in [-0.05, 0) is 64.9 Å². The molecule has 1 atom stereocenters. The first-order chi connectivity index (χ1) is 14.3. The zero-order chi connectivity index (χ0) is 21.7. The predicted octanol–water partition coefficient (Wildman–Crippen LogP) is 3.23. The van der Waals surface area contributed by atoms with Crippen molar-refractivity contribution in [2.75, 3.05) is 47.8 Å². The number of ether oxygens (including phenoxy) is 1. The lowest BCUT2D eigenvalue weighted by molar-refractivity contribution is -0.0324. The van der Waals surface area contributed by atoms with Crippen molar-refractivity contribution in [1.29, 1.82) is 0 Å². The lowest BCUT2D eigenvalue weighted by atomic mass is 9.91. The molecule has 1 heterocycles. The molecule has 3 rings (SSSR count). The number of fused-ring (bicyclic) bond motifs is 1. The number of nitrogens with one attached hydrogen (secondary N) is 1. The van der Waals surface area contributed by atoms with Gasteiger partial charge in [0.25, 0.3) is 0 Å². The van der Waals surface area contributed by atoms with Crippen LogP contribution in [-0.4, -0.2) is 63.4 Å². The maximum absolute atomic E-state index is 13.5. The molecule has 0 aliphatic carbocycles. The van der Waals surface area contributed by atoms with Gasteiger partial charge in [-0.25, -0.2) is 4.39 Å². The van der Waals surface area contributed by atoms with Crippen LogP contribution in [0.15, 0.2) is 42.5 Å². The first kappa shape index (κ1) is 22.6. The van der Waals surface area contributed by atoms with E-state index in [0.717, 1.165) is 41.8 Å². The summed E-state index contributed by atoms with van der Waals surface area (Å²) in [4.78, 5) is 16.8. The number of carbonyl (C=O) groups is 1. The molecular weight excluding hydrogens is 381 g/mol. The first-order valence-corrected chi connectivity index (χ1v) is 10.4. The normalized spacial score (nSPS) is 18.2. The van der Waals surface area contributed by atoms with Crippen LogP contribution in [0.25, 0.3) is 0 Å². The highest BCUT2D eigenvalue weighted by Gasteiger charge is 2.41. The number of hydrogen-bond acceptors (Lipinski definition) is 5. The minimum atomic E-state index is -0.842. The van der Waals surface area contributed by atoms with E-state index in [9.17, 15) is 9.18 Å². The van der Waals surface area contributed by atoms with Crippen LogP contribution in [0, 0.1) is 5.82 Å². The Balaban J connectivity index is 1.87. The second-order valence-corrected chi connectivity index (χ2v) is 8.41. The van der Waals surface area contributed by atoms with Crippen molar-refractivity contribution >= 4 is 5.78 Å². The zero-order valence-electron chi connectivity index (χ0n) is 18.4. The van der Waals surface area contributed by atoms with Gasteiger partial charge in [0.2, 0.25) is 0 Å². The Morgan fingerprint density at radius 1 is 1.07 bits per heavy atom. The fourth-order valence-electron chi connectivity index (χ4n) is 3.82. The molecule has 5 nitrogen and oxygen atoms in total. The largest absolute Gasteiger partial charge is 0.347 e. The number of benzene rings is 2. The van der Waals surface area contributed by atoms with E-state index in [1.54, 1.807) is 12.1 Å². The summed E-state index contributed by atoms with van der Waals surface area (Å²) in [6.07, 6.45) is 1.37. The van der Waals surface area contributed by atoms with Crippen molar-refractivity contribution in [2.24, 2.45) is 0 Å². The Morgan fingerprint density at radius 2 is 1.77 bits per heavy atom. The van der Waals surface area contributed by atoms with Gasteiger partial charge in [-0.1, -0.05) is 24.3 Å². The summed E-state index contributed by atoms with van der Waals surface area (Å²) in [7, 11) is 8.05. The maximum atomic E-state index is 13.5. The Hall–Kier alpha value is -2.12. The molecule has 2 aromatic rings. The molecule has 1 N–H and O–H groups in total. The zero-order valence-corrected chi connectivity index (χ0v) is 18.4. The molecule has 1 aliphatic rings. The predicted molar refractivity (Wildman–Crippen MR) is 117 cm³/mol. The number of Topliss-reactive ketones (excluding diaryl/α,β-unsaturated/α-hetero) is 1. The molecule has 1 aliphatic heterocycles. The van der Waals surface area contributed by atoms with Crippen LogP contribution in [0.4, 0.5) is 4.39 Å². The second-order valence-electron chi connectivity index (χ2n) is 8.41. The van der Waals surface area contributed by atoms with Crippen LogP contribution in [0.5, 0.6) is 0 Å². The summed E-state index contributed by atoms with van der Waals surface area (Å²) < 4.78 is 19.8. The SMILES string of the molecule is CN(C)CCCC(=O)c1ccc2c(c1)COC2(NCCN(C)C)c1ccc(F)cc1. The number of halogens is 1. The van der Waals surface area contributed by atoms with Gasteiger partial charge in [-0.3, -0.25) is 10.1 Å². The van der Waals surface area contributed by atoms with E-state index in [2.05, 4.69) is 15.1 Å². The van der Waals surface area contributed by atoms with E-state index in [4.69, 9.17) is 4.74 Å². The van der Waals surface area contributed by atoms with Gasteiger partial charge in [-0.15, -0.1) is 0 Å². The molecule has 0 bridgehead atoms. The van der Waals surface area contributed by atoms with E-state index in [-0.39, 0.29) is 11.6 Å². The van der Waals surface area contributed by atoms with E-state index in [1.807, 2.05) is 46.4 Å². The van der Waals surface area contributed by atoms with Crippen LogP contribution in [0.2, 0.25) is 0 Å². The van der Waals surface area contributed by atoms with Crippen LogP contribution in [0.3, 0.4) is 0 Å². The first-order valence-electron chi connectivity index (χ1n) is 10.4. The van der Waals surface area contributed by atoms with Crippen LogP contribution in [-0.2, 0) is 17.1 Å². The topological polar surface area (TPSA) is 44.8 Å². The number of likely N-dealkylation sites (N-methyl/N-ethyl adjacent to an activating group) is 1. The fraction of sp³-hybridized carbons (Fsp3) is 0.458. The van der Waals surface area contributed by atoms with Gasteiger partial charge < -0.3 is 14.5 Å². The van der Waals surface area contributed by atoms with E-state index >= 15 is 0 Å². The molecular formula is C24H32FN3O2. The number of carbonyl (C=O) groups excluding carboxylic acids is 1.